The first kappa shape index (κ1) is 16.7. The van der Waals surface area contributed by atoms with Gasteiger partial charge in [0.15, 0.2) is 0 Å². The number of aromatic nitrogens is 4. The molecule has 0 spiro atoms. The highest BCUT2D eigenvalue weighted by Gasteiger charge is 2.07. The molecule has 2 N–H and O–H groups in total. The molecule has 3 rings (SSSR count). The number of halogens is 1. The Balaban J connectivity index is 1.85. The molecule has 0 aliphatic rings. The van der Waals surface area contributed by atoms with E-state index in [0.29, 0.717) is 34.2 Å². The lowest BCUT2D eigenvalue weighted by atomic mass is 10.2. The lowest BCUT2D eigenvalue weighted by Gasteiger charge is -2.09. The molecule has 2 heterocycles. The van der Waals surface area contributed by atoms with Crippen molar-refractivity contribution in [3.05, 3.63) is 70.9 Å². The van der Waals surface area contributed by atoms with E-state index < -0.39 is 0 Å². The molecule has 1 aromatic carbocycles. The van der Waals surface area contributed by atoms with Gasteiger partial charge >= 0.3 is 0 Å². The molecule has 8 heteroatoms. The van der Waals surface area contributed by atoms with Crippen LogP contribution in [0, 0.1) is 0 Å². The van der Waals surface area contributed by atoms with Crippen LogP contribution in [-0.4, -0.2) is 32.9 Å². The Labute approximate surface area is 142 Å². The topological polar surface area (TPSA) is 95.9 Å². The Bertz CT molecular complexity index is 956. The lowest BCUT2D eigenvalue weighted by Crippen LogP contribution is -2.24. The van der Waals surface area contributed by atoms with E-state index in [1.165, 1.54) is 4.68 Å². The highest BCUT2D eigenvalue weighted by Crippen LogP contribution is 2.18. The van der Waals surface area contributed by atoms with Crippen molar-refractivity contribution in [2.45, 2.75) is 6.54 Å². The van der Waals surface area contributed by atoms with Crippen molar-refractivity contribution in [2.75, 3.05) is 13.2 Å². The van der Waals surface area contributed by atoms with Crippen molar-refractivity contribution in [3.63, 3.8) is 0 Å². The number of fused-ring (bicyclic) bond motifs is 1. The van der Waals surface area contributed by atoms with Gasteiger partial charge in [-0.2, -0.15) is 5.10 Å². The van der Waals surface area contributed by atoms with Crippen molar-refractivity contribution in [1.29, 1.82) is 0 Å². The van der Waals surface area contributed by atoms with Crippen molar-refractivity contribution in [3.8, 4) is 5.75 Å². The number of nitrogens with two attached hydrogens (primary N) is 1. The summed E-state index contributed by atoms with van der Waals surface area (Å²) in [6.45, 7) is 0.321. The van der Waals surface area contributed by atoms with Gasteiger partial charge in [-0.1, -0.05) is 0 Å². The molecule has 0 fully saturated rings. The predicted octanol–water partition coefficient (Wildman–Crippen LogP) is 1.43. The van der Waals surface area contributed by atoms with Crippen molar-refractivity contribution < 1.29 is 9.13 Å². The zero-order valence-corrected chi connectivity index (χ0v) is 13.3. The minimum absolute atomic E-state index is 0.0499. The van der Waals surface area contributed by atoms with E-state index in [2.05, 4.69) is 15.1 Å². The Morgan fingerprint density at radius 1 is 1.32 bits per heavy atom. The van der Waals surface area contributed by atoms with Gasteiger partial charge in [-0.25, -0.2) is 19.0 Å². The van der Waals surface area contributed by atoms with E-state index >= 15 is 0 Å². The normalized spacial score (nSPS) is 11.7. The Morgan fingerprint density at radius 2 is 2.12 bits per heavy atom. The molecular formula is C17H16FN5O2. The summed E-state index contributed by atoms with van der Waals surface area (Å²) in [6.07, 6.45) is 5.23. The third kappa shape index (κ3) is 3.86. The smallest absolute Gasteiger partial charge is 0.275 e. The summed E-state index contributed by atoms with van der Waals surface area (Å²) in [5, 5.41) is 5.28. The van der Waals surface area contributed by atoms with Gasteiger partial charge in [0.05, 0.1) is 17.9 Å². The highest BCUT2D eigenvalue weighted by atomic mass is 19.1. The number of hydrogen-bond acceptors (Lipinski definition) is 6. The number of benzene rings is 1. The molecule has 7 nitrogen and oxygen atoms in total. The molecule has 0 atom stereocenters. The van der Waals surface area contributed by atoms with Crippen LogP contribution < -0.4 is 16.0 Å². The summed E-state index contributed by atoms with van der Waals surface area (Å²) < 4.78 is 19.3. The third-order valence-electron chi connectivity index (χ3n) is 3.58. The van der Waals surface area contributed by atoms with E-state index in [9.17, 15) is 9.18 Å². The lowest BCUT2D eigenvalue weighted by molar-refractivity contribution is 0.348. The summed E-state index contributed by atoms with van der Waals surface area (Å²) in [5.41, 5.74) is 5.48. The number of nitrogens with zero attached hydrogens (tertiary/aromatic N) is 4. The van der Waals surface area contributed by atoms with Crippen LogP contribution in [0.3, 0.4) is 0 Å². The van der Waals surface area contributed by atoms with Crippen LogP contribution in [0.1, 0.15) is 5.82 Å². The standard InChI is InChI=1S/C17H16FN5O2/c18-7-12(8-19)11-25-14-2-3-15-13(6-14)9-22-23(17(15)24)10-16-20-4-1-5-21-16/h1-7,9H,8,10-11,19H2. The van der Waals surface area contributed by atoms with Gasteiger partial charge in [0.2, 0.25) is 0 Å². The minimum atomic E-state index is -0.247. The van der Waals surface area contributed by atoms with Crippen LogP contribution in [0.2, 0.25) is 0 Å². The molecule has 0 saturated heterocycles. The average molecular weight is 341 g/mol. The van der Waals surface area contributed by atoms with Gasteiger partial charge < -0.3 is 10.5 Å². The molecule has 0 aliphatic heterocycles. The van der Waals surface area contributed by atoms with E-state index in [4.69, 9.17) is 10.5 Å². The maximum atomic E-state index is 12.5. The van der Waals surface area contributed by atoms with Gasteiger partial charge in [0.1, 0.15) is 24.7 Å². The fourth-order valence-electron chi connectivity index (χ4n) is 2.22. The fraction of sp³-hybridized carbons (Fsp3) is 0.176. The molecule has 3 aromatic rings. The van der Waals surface area contributed by atoms with Gasteiger partial charge in [0.25, 0.3) is 5.56 Å². The Morgan fingerprint density at radius 3 is 2.84 bits per heavy atom. The largest absolute Gasteiger partial charge is 0.489 e. The second-order valence-corrected chi connectivity index (χ2v) is 5.28. The van der Waals surface area contributed by atoms with E-state index in [0.717, 1.165) is 0 Å². The van der Waals surface area contributed by atoms with Crippen LogP contribution >= 0.6 is 0 Å². The summed E-state index contributed by atoms with van der Waals surface area (Å²) in [5.74, 6) is 1.01. The second-order valence-electron chi connectivity index (χ2n) is 5.28. The summed E-state index contributed by atoms with van der Waals surface area (Å²) in [4.78, 5) is 20.7. The van der Waals surface area contributed by atoms with Gasteiger partial charge in [-0.05, 0) is 24.3 Å². The molecule has 0 saturated carbocycles. The zero-order valence-electron chi connectivity index (χ0n) is 13.3. The molecule has 0 aliphatic carbocycles. The monoisotopic (exact) mass is 341 g/mol. The summed E-state index contributed by atoms with van der Waals surface area (Å²) >= 11 is 0. The van der Waals surface area contributed by atoms with Crippen LogP contribution in [-0.2, 0) is 6.54 Å². The maximum Gasteiger partial charge on any atom is 0.275 e. The predicted molar refractivity (Wildman–Crippen MR) is 90.9 cm³/mol. The molecule has 0 radical (unpaired) electrons. The average Bonchev–Trinajstić information content (AvgIpc) is 2.66. The quantitative estimate of drug-likeness (QED) is 0.728. The molecule has 0 unspecified atom stereocenters. The SMILES string of the molecule is NCC(=CF)COc1ccc2c(=O)n(Cc3ncccn3)ncc2c1. The third-order valence-corrected chi connectivity index (χ3v) is 3.58. The molecule has 2 aromatic heterocycles. The van der Waals surface area contributed by atoms with Crippen molar-refractivity contribution in [1.82, 2.24) is 19.7 Å². The molecule has 0 amide bonds. The summed E-state index contributed by atoms with van der Waals surface area (Å²) in [7, 11) is 0. The first-order valence-corrected chi connectivity index (χ1v) is 7.58. The van der Waals surface area contributed by atoms with E-state index in [-0.39, 0.29) is 25.3 Å². The van der Waals surface area contributed by atoms with Crippen molar-refractivity contribution in [2.24, 2.45) is 5.73 Å². The Kier molecular flexibility index (Phi) is 5.10. The zero-order chi connectivity index (χ0) is 17.6. The highest BCUT2D eigenvalue weighted by molar-refractivity contribution is 5.82. The van der Waals surface area contributed by atoms with E-state index in [1.54, 1.807) is 42.9 Å². The first-order chi connectivity index (χ1) is 12.2. The number of rotatable bonds is 6. The maximum absolute atomic E-state index is 12.5. The van der Waals surface area contributed by atoms with Crippen LogP contribution in [0.15, 0.2) is 59.6 Å². The molecular weight excluding hydrogens is 325 g/mol. The summed E-state index contributed by atoms with van der Waals surface area (Å²) in [6, 6.07) is 6.69. The fourth-order valence-corrected chi connectivity index (χ4v) is 2.22. The van der Waals surface area contributed by atoms with Gasteiger partial charge in [-0.3, -0.25) is 4.79 Å². The van der Waals surface area contributed by atoms with Crippen molar-refractivity contribution >= 4 is 10.8 Å². The molecule has 25 heavy (non-hydrogen) atoms. The van der Waals surface area contributed by atoms with Gasteiger partial charge in [-0.15, -0.1) is 0 Å². The van der Waals surface area contributed by atoms with Gasteiger partial charge in [0, 0.05) is 29.9 Å². The minimum Gasteiger partial charge on any atom is -0.489 e. The Hall–Kier alpha value is -3.13. The van der Waals surface area contributed by atoms with Crippen LogP contribution in [0.4, 0.5) is 4.39 Å². The molecule has 0 bridgehead atoms. The van der Waals surface area contributed by atoms with E-state index in [1.807, 2.05) is 0 Å². The number of ether oxygens (including phenoxy) is 1. The number of hydrogen-bond donors (Lipinski definition) is 1. The van der Waals surface area contributed by atoms with Crippen LogP contribution in [0.5, 0.6) is 5.75 Å². The second kappa shape index (κ2) is 7.63. The van der Waals surface area contributed by atoms with Crippen LogP contribution in [0.25, 0.3) is 10.8 Å². The molecule has 128 valence electrons. The first-order valence-electron chi connectivity index (χ1n) is 7.58.